The summed E-state index contributed by atoms with van der Waals surface area (Å²) in [4.78, 5) is 33.0. The maximum atomic E-state index is 13.7. The molecule has 1 aromatic heterocycles. The van der Waals surface area contributed by atoms with Crippen LogP contribution in [0.5, 0.6) is 0 Å². The molecule has 0 unspecified atom stereocenters. The fraction of sp³-hybridized carbons (Fsp3) is 0.100. The molecule has 0 saturated heterocycles. The van der Waals surface area contributed by atoms with Crippen LogP contribution in [-0.4, -0.2) is 16.7 Å². The molecule has 0 aliphatic rings. The number of aryl methyl sites for hydroxylation is 1. The molecular weight excluding hydrogens is 452 g/mol. The van der Waals surface area contributed by atoms with E-state index in [1.54, 1.807) is 41.3 Å². The topological polar surface area (TPSA) is 50.3 Å². The van der Waals surface area contributed by atoms with Gasteiger partial charge in [-0.2, -0.15) is 0 Å². The lowest BCUT2D eigenvalue weighted by Gasteiger charge is -2.20. The summed E-state index contributed by atoms with van der Waals surface area (Å²) >= 11 is 1.52. The molecule has 1 amide bonds. The molecule has 0 aliphatic carbocycles. The van der Waals surface area contributed by atoms with Crippen LogP contribution in [0.4, 0.5) is 5.13 Å². The van der Waals surface area contributed by atoms with Crippen molar-refractivity contribution in [3.05, 3.63) is 131 Å². The molecule has 1 heterocycles. The molecule has 4 nitrogen and oxygen atoms in total. The third-order valence-corrected chi connectivity index (χ3v) is 6.98. The Balaban J connectivity index is 1.48. The summed E-state index contributed by atoms with van der Waals surface area (Å²) in [5, 5.41) is 0.659. The van der Waals surface area contributed by atoms with Gasteiger partial charge in [0.15, 0.2) is 10.9 Å². The molecule has 0 spiro atoms. The highest BCUT2D eigenvalue weighted by molar-refractivity contribution is 7.22. The van der Waals surface area contributed by atoms with E-state index in [-0.39, 0.29) is 11.7 Å². The lowest BCUT2D eigenvalue weighted by molar-refractivity contribution is 0.0982. The van der Waals surface area contributed by atoms with Crippen LogP contribution in [0.25, 0.3) is 10.2 Å². The zero-order valence-electron chi connectivity index (χ0n) is 19.3. The number of hydrogen-bond donors (Lipinski definition) is 0. The molecule has 0 fully saturated rings. The maximum Gasteiger partial charge on any atom is 0.260 e. The van der Waals surface area contributed by atoms with E-state index in [0.29, 0.717) is 28.4 Å². The molecule has 35 heavy (non-hydrogen) atoms. The Kier molecular flexibility index (Phi) is 6.51. The summed E-state index contributed by atoms with van der Waals surface area (Å²) < 4.78 is 1.06. The van der Waals surface area contributed by atoms with Crippen molar-refractivity contribution in [1.82, 2.24) is 4.98 Å². The maximum absolute atomic E-state index is 13.7. The van der Waals surface area contributed by atoms with Crippen LogP contribution < -0.4 is 4.90 Å². The highest BCUT2D eigenvalue weighted by Crippen LogP contribution is 2.32. The summed E-state index contributed by atoms with van der Waals surface area (Å²) in [6.45, 7) is 2.53. The largest absolute Gasteiger partial charge is 0.289 e. The Hall–Kier alpha value is -4.09. The number of thiazole rings is 1. The van der Waals surface area contributed by atoms with Crippen LogP contribution in [-0.2, 0) is 13.0 Å². The number of fused-ring (bicyclic) bond motifs is 1. The number of carbonyl (C=O) groups is 2. The van der Waals surface area contributed by atoms with Gasteiger partial charge in [-0.1, -0.05) is 97.1 Å². The van der Waals surface area contributed by atoms with E-state index in [9.17, 15) is 9.59 Å². The average Bonchev–Trinajstić information content (AvgIpc) is 3.35. The number of aromatic nitrogens is 1. The number of carbonyl (C=O) groups excluding carboxylic acids is 2. The van der Waals surface area contributed by atoms with Gasteiger partial charge in [0.2, 0.25) is 0 Å². The predicted octanol–water partition coefficient (Wildman–Crippen LogP) is 6.94. The zero-order chi connectivity index (χ0) is 24.2. The summed E-state index contributed by atoms with van der Waals surface area (Å²) in [5.74, 6) is -0.217. The first-order valence-corrected chi connectivity index (χ1v) is 12.4. The Labute approximate surface area is 208 Å². The van der Waals surface area contributed by atoms with Crippen molar-refractivity contribution in [2.24, 2.45) is 0 Å². The van der Waals surface area contributed by atoms with Gasteiger partial charge in [-0.15, -0.1) is 0 Å². The van der Waals surface area contributed by atoms with Crippen LogP contribution in [0.1, 0.15) is 44.3 Å². The number of amides is 1. The van der Waals surface area contributed by atoms with Crippen LogP contribution in [0, 0.1) is 0 Å². The number of benzene rings is 4. The van der Waals surface area contributed by atoms with Crippen molar-refractivity contribution in [1.29, 1.82) is 0 Å². The normalized spacial score (nSPS) is 10.9. The second kappa shape index (κ2) is 10.0. The second-order valence-electron chi connectivity index (χ2n) is 8.30. The van der Waals surface area contributed by atoms with Crippen LogP contribution in [0.15, 0.2) is 103 Å². The highest BCUT2D eigenvalue weighted by atomic mass is 32.1. The van der Waals surface area contributed by atoms with Gasteiger partial charge in [0.25, 0.3) is 5.91 Å². The molecule has 0 saturated carbocycles. The highest BCUT2D eigenvalue weighted by Gasteiger charge is 2.22. The van der Waals surface area contributed by atoms with E-state index >= 15 is 0 Å². The molecule has 0 bridgehead atoms. The second-order valence-corrected chi connectivity index (χ2v) is 9.31. The fourth-order valence-electron chi connectivity index (χ4n) is 3.96. The summed E-state index contributed by atoms with van der Waals surface area (Å²) in [7, 11) is 0. The average molecular weight is 477 g/mol. The minimum atomic E-state index is -0.151. The molecule has 0 radical (unpaired) electrons. The van der Waals surface area contributed by atoms with Gasteiger partial charge in [0, 0.05) is 16.7 Å². The van der Waals surface area contributed by atoms with Crippen LogP contribution in [0.2, 0.25) is 0 Å². The van der Waals surface area contributed by atoms with Gasteiger partial charge in [-0.05, 0) is 41.8 Å². The molecule has 172 valence electrons. The number of nitrogens with zero attached hydrogens (tertiary/aromatic N) is 2. The first-order valence-electron chi connectivity index (χ1n) is 11.6. The molecule has 5 aromatic rings. The van der Waals surface area contributed by atoms with Gasteiger partial charge in [-0.3, -0.25) is 14.5 Å². The molecule has 5 rings (SSSR count). The molecule has 0 atom stereocenters. The van der Waals surface area contributed by atoms with E-state index in [1.165, 1.54) is 16.9 Å². The number of rotatable bonds is 7. The summed E-state index contributed by atoms with van der Waals surface area (Å²) in [6, 6.07) is 32.2. The van der Waals surface area contributed by atoms with E-state index < -0.39 is 0 Å². The summed E-state index contributed by atoms with van der Waals surface area (Å²) in [5.41, 5.74) is 4.83. The Bertz CT molecular complexity index is 1480. The zero-order valence-corrected chi connectivity index (χ0v) is 20.2. The van der Waals surface area contributed by atoms with Gasteiger partial charge in [0.05, 0.1) is 16.8 Å². The first-order chi connectivity index (χ1) is 17.1. The van der Waals surface area contributed by atoms with Crippen LogP contribution in [0.3, 0.4) is 0 Å². The predicted molar refractivity (Wildman–Crippen MR) is 142 cm³/mol. The lowest BCUT2D eigenvalue weighted by atomic mass is 10.0. The summed E-state index contributed by atoms with van der Waals surface area (Å²) in [6.07, 6.45) is 0.948. The lowest BCUT2D eigenvalue weighted by Crippen LogP contribution is -2.30. The van der Waals surface area contributed by atoms with Crippen molar-refractivity contribution in [2.75, 3.05) is 4.90 Å². The van der Waals surface area contributed by atoms with Crippen molar-refractivity contribution in [2.45, 2.75) is 19.9 Å². The Morgan fingerprint density at radius 1 is 0.743 bits per heavy atom. The molecule has 0 aliphatic heterocycles. The standard InChI is InChI=1S/C30H24N2O2S/c1-2-21-13-18-26-27(19-21)35-30(31-26)32(20-22-9-5-3-6-10-22)29(34)25-16-14-24(15-17-25)28(33)23-11-7-4-8-12-23/h3-19H,2,20H2,1H3. The van der Waals surface area contributed by atoms with Crippen LogP contribution >= 0.6 is 11.3 Å². The van der Waals surface area contributed by atoms with Crippen molar-refractivity contribution in [3.63, 3.8) is 0 Å². The minimum Gasteiger partial charge on any atom is -0.289 e. The molecular formula is C30H24N2O2S. The molecule has 5 heteroatoms. The third-order valence-electron chi connectivity index (χ3n) is 5.94. The number of hydrogen-bond acceptors (Lipinski definition) is 4. The number of anilines is 1. The van der Waals surface area contributed by atoms with Gasteiger partial charge >= 0.3 is 0 Å². The smallest absolute Gasteiger partial charge is 0.260 e. The quantitative estimate of drug-likeness (QED) is 0.239. The van der Waals surface area contributed by atoms with E-state index in [1.807, 2.05) is 54.6 Å². The minimum absolute atomic E-state index is 0.0661. The van der Waals surface area contributed by atoms with Crippen molar-refractivity contribution < 1.29 is 9.59 Å². The number of ketones is 1. The van der Waals surface area contributed by atoms with Gasteiger partial charge in [0.1, 0.15) is 0 Å². The van der Waals surface area contributed by atoms with Crippen molar-refractivity contribution >= 4 is 38.4 Å². The van der Waals surface area contributed by atoms with Gasteiger partial charge < -0.3 is 0 Å². The first kappa shape index (κ1) is 22.7. The Morgan fingerprint density at radius 3 is 2.06 bits per heavy atom. The monoisotopic (exact) mass is 476 g/mol. The SMILES string of the molecule is CCc1ccc2nc(N(Cc3ccccc3)C(=O)c3ccc(C(=O)c4ccccc4)cc3)sc2c1. The molecule has 0 N–H and O–H groups in total. The van der Waals surface area contributed by atoms with E-state index in [0.717, 1.165) is 22.2 Å². The van der Waals surface area contributed by atoms with Gasteiger partial charge in [-0.25, -0.2) is 4.98 Å². The van der Waals surface area contributed by atoms with Crippen molar-refractivity contribution in [3.8, 4) is 0 Å². The fourth-order valence-corrected chi connectivity index (χ4v) is 4.99. The third kappa shape index (κ3) is 4.91. The van der Waals surface area contributed by atoms with E-state index in [2.05, 4.69) is 19.1 Å². The van der Waals surface area contributed by atoms with E-state index in [4.69, 9.17) is 4.98 Å². The Morgan fingerprint density at radius 2 is 1.37 bits per heavy atom. The molecule has 4 aromatic carbocycles.